The molecule has 0 aliphatic heterocycles. The molecule has 25 heavy (non-hydrogen) atoms. The molecule has 0 aromatic carbocycles. The van der Waals surface area contributed by atoms with E-state index in [-0.39, 0.29) is 12.3 Å². The SMILES string of the molecule is CCC(C)(P(=O)(O)O)P(=O)(O)O.CCCNC(=O)CC.c1nc[nH]n1. The molecule has 0 saturated heterocycles. The number of H-pyrrole nitrogens is 1. The predicted octanol–water partition coefficient (Wildman–Crippen LogP) is 1.20. The normalized spacial score (nSPS) is 11.5. The second-order valence-corrected chi connectivity index (χ2v) is 9.52. The summed E-state index contributed by atoms with van der Waals surface area (Å²) in [5, 5.41) is 8.73. The van der Waals surface area contributed by atoms with Crippen molar-refractivity contribution in [2.75, 3.05) is 6.54 Å². The maximum atomic E-state index is 10.7. The highest BCUT2D eigenvalue weighted by Crippen LogP contribution is 2.70. The van der Waals surface area contributed by atoms with Crippen LogP contribution in [0.25, 0.3) is 0 Å². The Kier molecular flexibility index (Phi) is 12.9. The fraction of sp³-hybridized carbons (Fsp3) is 0.750. The number of nitrogens with one attached hydrogen (secondary N) is 2. The van der Waals surface area contributed by atoms with Crippen molar-refractivity contribution in [3.05, 3.63) is 12.7 Å². The first kappa shape index (κ1) is 26.1. The number of carbonyl (C=O) groups is 1. The summed E-state index contributed by atoms with van der Waals surface area (Å²) in [6.45, 7) is 6.90. The molecular weight excluding hydrogens is 374 g/mol. The lowest BCUT2D eigenvalue weighted by molar-refractivity contribution is -0.120. The first-order valence-electron chi connectivity index (χ1n) is 7.54. The van der Waals surface area contributed by atoms with Crippen LogP contribution < -0.4 is 5.32 Å². The van der Waals surface area contributed by atoms with E-state index in [1.165, 1.54) is 19.6 Å². The molecule has 0 bridgehead atoms. The summed E-state index contributed by atoms with van der Waals surface area (Å²) < 4.78 is 21.5. The highest BCUT2D eigenvalue weighted by atomic mass is 31.2. The Balaban J connectivity index is 0. The monoisotopic (exact) mass is 402 g/mol. The summed E-state index contributed by atoms with van der Waals surface area (Å²) in [7, 11) is -9.54. The van der Waals surface area contributed by atoms with Crippen molar-refractivity contribution in [1.82, 2.24) is 20.5 Å². The van der Waals surface area contributed by atoms with Gasteiger partial charge in [-0.15, -0.1) is 0 Å². The summed E-state index contributed by atoms with van der Waals surface area (Å²) in [6.07, 6.45) is 4.30. The number of rotatable bonds is 6. The summed E-state index contributed by atoms with van der Waals surface area (Å²) >= 11 is 0. The lowest BCUT2D eigenvalue weighted by Crippen LogP contribution is -2.23. The Morgan fingerprint density at radius 1 is 1.16 bits per heavy atom. The first-order chi connectivity index (χ1) is 11.4. The molecule has 0 fully saturated rings. The summed E-state index contributed by atoms with van der Waals surface area (Å²) in [6, 6.07) is 0. The topological polar surface area (TPSA) is 186 Å². The van der Waals surface area contributed by atoms with E-state index in [2.05, 4.69) is 20.5 Å². The van der Waals surface area contributed by atoms with Crippen LogP contribution in [0.3, 0.4) is 0 Å². The van der Waals surface area contributed by atoms with Crippen LogP contribution in [-0.2, 0) is 13.9 Å². The van der Waals surface area contributed by atoms with Crippen molar-refractivity contribution in [3.8, 4) is 0 Å². The molecule has 0 radical (unpaired) electrons. The van der Waals surface area contributed by atoms with Crippen LogP contribution in [0.15, 0.2) is 12.7 Å². The van der Waals surface area contributed by atoms with Gasteiger partial charge in [-0.2, -0.15) is 5.10 Å². The number of nitrogens with zero attached hydrogens (tertiary/aromatic N) is 2. The third kappa shape index (κ3) is 10.5. The molecule has 1 rings (SSSR count). The van der Waals surface area contributed by atoms with Gasteiger partial charge in [-0.1, -0.05) is 20.8 Å². The average Bonchev–Trinajstić information content (AvgIpc) is 3.09. The van der Waals surface area contributed by atoms with Crippen molar-refractivity contribution in [3.63, 3.8) is 0 Å². The van der Waals surface area contributed by atoms with Crippen molar-refractivity contribution < 1.29 is 33.5 Å². The smallest absolute Gasteiger partial charge is 0.343 e. The average molecular weight is 402 g/mol. The Morgan fingerprint density at radius 2 is 1.68 bits per heavy atom. The van der Waals surface area contributed by atoms with E-state index in [1.807, 2.05) is 13.8 Å². The number of hydrogen-bond acceptors (Lipinski definition) is 5. The molecule has 6 N–H and O–H groups in total. The molecular formula is C12H28N4O7P2. The Bertz CT molecular complexity index is 517. The minimum Gasteiger partial charge on any atom is -0.356 e. The standard InChI is InChI=1S/C6H13NO.C4H12O6P2.C2H3N3/c1-3-5-7-6(8)4-2;1-3-4(2,11(5,6)7)12(8,9)10;1-3-2-5-4-1/h3-5H2,1-2H3,(H,7,8);3H2,1-2H3,(H2,5,6,7)(H2,8,9,10);1-2H,(H,3,4,5). The van der Waals surface area contributed by atoms with E-state index in [0.29, 0.717) is 6.42 Å². The van der Waals surface area contributed by atoms with Gasteiger partial charge in [0.1, 0.15) is 12.7 Å². The van der Waals surface area contributed by atoms with Crippen molar-refractivity contribution >= 4 is 21.1 Å². The lowest BCUT2D eigenvalue weighted by Gasteiger charge is -2.29. The highest BCUT2D eigenvalue weighted by Gasteiger charge is 2.54. The number of carbonyl (C=O) groups excluding carboxylic acids is 1. The lowest BCUT2D eigenvalue weighted by atomic mass is 10.4. The Labute approximate surface area is 147 Å². The van der Waals surface area contributed by atoms with Crippen molar-refractivity contribution in [2.45, 2.75) is 51.9 Å². The van der Waals surface area contributed by atoms with Crippen LogP contribution in [0.5, 0.6) is 0 Å². The zero-order chi connectivity index (χ0) is 20.1. The van der Waals surface area contributed by atoms with Crippen molar-refractivity contribution in [1.29, 1.82) is 0 Å². The molecule has 0 unspecified atom stereocenters. The van der Waals surface area contributed by atoms with Gasteiger partial charge < -0.3 is 24.9 Å². The third-order valence-corrected chi connectivity index (χ3v) is 7.86. The van der Waals surface area contributed by atoms with Crippen LogP contribution in [-0.4, -0.2) is 52.1 Å². The maximum absolute atomic E-state index is 10.7. The second-order valence-electron chi connectivity index (χ2n) is 5.01. The van der Waals surface area contributed by atoms with Crippen LogP contribution in [0, 0.1) is 0 Å². The van der Waals surface area contributed by atoms with Gasteiger partial charge in [0.15, 0.2) is 4.90 Å². The van der Waals surface area contributed by atoms with Gasteiger partial charge in [0.05, 0.1) is 0 Å². The van der Waals surface area contributed by atoms with Crippen LogP contribution in [0.4, 0.5) is 0 Å². The van der Waals surface area contributed by atoms with Crippen molar-refractivity contribution in [2.24, 2.45) is 0 Å². The minimum absolute atomic E-state index is 0.145. The minimum atomic E-state index is -4.77. The van der Waals surface area contributed by atoms with Gasteiger partial charge in [-0.25, -0.2) is 4.98 Å². The number of amides is 1. The molecule has 148 valence electrons. The number of aromatic amines is 1. The van der Waals surface area contributed by atoms with E-state index in [4.69, 9.17) is 19.6 Å². The van der Waals surface area contributed by atoms with Crippen LogP contribution in [0.2, 0.25) is 0 Å². The van der Waals surface area contributed by atoms with E-state index in [9.17, 15) is 13.9 Å². The van der Waals surface area contributed by atoms with Crippen LogP contribution >= 0.6 is 15.2 Å². The van der Waals surface area contributed by atoms with E-state index in [0.717, 1.165) is 19.9 Å². The molecule has 1 aromatic heterocycles. The molecule has 13 heteroatoms. The van der Waals surface area contributed by atoms with Gasteiger partial charge in [0.25, 0.3) is 0 Å². The molecule has 1 heterocycles. The molecule has 0 spiro atoms. The fourth-order valence-electron chi connectivity index (χ4n) is 1.14. The first-order valence-corrected chi connectivity index (χ1v) is 10.8. The molecule has 11 nitrogen and oxygen atoms in total. The van der Waals surface area contributed by atoms with Gasteiger partial charge >= 0.3 is 15.2 Å². The third-order valence-electron chi connectivity index (χ3n) is 3.15. The van der Waals surface area contributed by atoms with Crippen LogP contribution in [0.1, 0.15) is 47.0 Å². The number of hydrogen-bond donors (Lipinski definition) is 6. The maximum Gasteiger partial charge on any atom is 0.343 e. The zero-order valence-corrected chi connectivity index (χ0v) is 16.6. The quantitative estimate of drug-likeness (QED) is 0.380. The largest absolute Gasteiger partial charge is 0.356 e. The van der Waals surface area contributed by atoms with E-state index < -0.39 is 20.1 Å². The van der Waals surface area contributed by atoms with Gasteiger partial charge in [0.2, 0.25) is 5.91 Å². The Morgan fingerprint density at radius 3 is 1.84 bits per heavy atom. The van der Waals surface area contributed by atoms with E-state index >= 15 is 0 Å². The fourth-order valence-corrected chi connectivity index (χ4v) is 3.32. The summed E-state index contributed by atoms with van der Waals surface area (Å²) in [4.78, 5) is 46.5. The van der Waals surface area contributed by atoms with Gasteiger partial charge in [-0.05, 0) is 19.8 Å². The molecule has 0 atom stereocenters. The zero-order valence-electron chi connectivity index (χ0n) is 14.8. The number of aromatic nitrogens is 3. The second kappa shape index (κ2) is 12.3. The molecule has 1 aromatic rings. The van der Waals surface area contributed by atoms with Gasteiger partial charge in [-0.3, -0.25) is 19.0 Å². The highest BCUT2D eigenvalue weighted by molar-refractivity contribution is 7.72. The summed E-state index contributed by atoms with van der Waals surface area (Å²) in [5.41, 5.74) is 0. The molecule has 1 amide bonds. The predicted molar refractivity (Wildman–Crippen MR) is 92.8 cm³/mol. The summed E-state index contributed by atoms with van der Waals surface area (Å²) in [5.74, 6) is 0.145. The molecule has 0 aliphatic rings. The van der Waals surface area contributed by atoms with Gasteiger partial charge in [0, 0.05) is 13.0 Å². The molecule has 0 aliphatic carbocycles. The Hall–Kier alpha value is -1.09. The van der Waals surface area contributed by atoms with E-state index in [1.54, 1.807) is 0 Å². The molecule has 0 saturated carbocycles.